The summed E-state index contributed by atoms with van der Waals surface area (Å²) in [6.45, 7) is 0. The molecular weight excluding hydrogens is 399 g/mol. The molecule has 0 aliphatic heterocycles. The quantitative estimate of drug-likeness (QED) is 0.582. The molecule has 1 aromatic carbocycles. The molecule has 0 atom stereocenters. The second-order valence-corrected chi connectivity index (χ2v) is 7.98. The lowest BCUT2D eigenvalue weighted by Gasteiger charge is -2.33. The summed E-state index contributed by atoms with van der Waals surface area (Å²) >= 11 is 2.37. The highest BCUT2D eigenvalue weighted by atomic mass is 127. The smallest absolute Gasteiger partial charge is 0.107 e. The van der Waals surface area contributed by atoms with Crippen molar-refractivity contribution in [2.24, 2.45) is 0 Å². The van der Waals surface area contributed by atoms with E-state index in [-0.39, 0.29) is 0 Å². The van der Waals surface area contributed by atoms with Gasteiger partial charge in [-0.1, -0.05) is 0 Å². The highest BCUT2D eigenvalue weighted by Crippen LogP contribution is 2.34. The third-order valence-electron chi connectivity index (χ3n) is 5.15. The summed E-state index contributed by atoms with van der Waals surface area (Å²) in [4.78, 5) is 11.5. The maximum atomic E-state index is 4.62. The lowest BCUT2D eigenvalue weighted by Crippen LogP contribution is -2.32. The van der Waals surface area contributed by atoms with Crippen LogP contribution >= 0.6 is 22.6 Å². The third kappa shape index (κ3) is 2.74. The van der Waals surface area contributed by atoms with Gasteiger partial charge in [-0.05, 0) is 80.6 Å². The Balaban J connectivity index is 1.77. The monoisotopic (exact) mass is 420 g/mol. The second kappa shape index (κ2) is 6.02. The van der Waals surface area contributed by atoms with Gasteiger partial charge in [0.1, 0.15) is 5.52 Å². The lowest BCUT2D eigenvalue weighted by atomic mass is 9.90. The van der Waals surface area contributed by atoms with Crippen LogP contribution in [0.25, 0.3) is 21.9 Å². The van der Waals surface area contributed by atoms with E-state index in [0.717, 1.165) is 17.1 Å². The second-order valence-electron chi connectivity index (χ2n) is 6.73. The standard InChI is InChI=1S/C18H21IN4/c1-22(2)13-4-6-14(7-5-13)23-11-21-17-10-20-16-8-3-12(19)9-15(16)18(17)23/h3,8-11,13-14H,4-7H2,1-2H3/t13-,14+. The van der Waals surface area contributed by atoms with E-state index in [1.807, 2.05) is 12.5 Å². The number of pyridine rings is 1. The van der Waals surface area contributed by atoms with E-state index in [1.54, 1.807) is 0 Å². The molecule has 120 valence electrons. The van der Waals surface area contributed by atoms with Crippen LogP contribution in [0, 0.1) is 3.57 Å². The van der Waals surface area contributed by atoms with E-state index in [4.69, 9.17) is 0 Å². The zero-order chi connectivity index (χ0) is 16.0. The number of aromatic nitrogens is 3. The molecule has 0 radical (unpaired) electrons. The van der Waals surface area contributed by atoms with Crippen molar-refractivity contribution in [1.29, 1.82) is 0 Å². The van der Waals surface area contributed by atoms with Crippen LogP contribution in [0.1, 0.15) is 31.7 Å². The number of hydrogen-bond donors (Lipinski definition) is 0. The Bertz CT molecular complexity index is 847. The number of benzene rings is 1. The number of imidazole rings is 1. The molecule has 0 spiro atoms. The van der Waals surface area contributed by atoms with E-state index in [0.29, 0.717) is 6.04 Å². The Morgan fingerprint density at radius 3 is 2.61 bits per heavy atom. The molecule has 0 saturated heterocycles. The normalized spacial score (nSPS) is 22.3. The Hall–Kier alpha value is -1.21. The number of fused-ring (bicyclic) bond motifs is 3. The summed E-state index contributed by atoms with van der Waals surface area (Å²) in [6, 6.07) is 7.73. The zero-order valence-corrected chi connectivity index (χ0v) is 15.7. The molecule has 1 fully saturated rings. The Kier molecular flexibility index (Phi) is 4.01. The van der Waals surface area contributed by atoms with Gasteiger partial charge in [0.2, 0.25) is 0 Å². The van der Waals surface area contributed by atoms with Crippen LogP contribution in [0.4, 0.5) is 0 Å². The van der Waals surface area contributed by atoms with Crippen LogP contribution in [-0.4, -0.2) is 39.6 Å². The number of nitrogens with zero attached hydrogens (tertiary/aromatic N) is 4. The molecule has 4 nitrogen and oxygen atoms in total. The Labute approximate surface area is 150 Å². The first-order chi connectivity index (χ1) is 11.1. The fourth-order valence-electron chi connectivity index (χ4n) is 3.82. The first-order valence-electron chi connectivity index (χ1n) is 8.20. The first-order valence-corrected chi connectivity index (χ1v) is 9.28. The van der Waals surface area contributed by atoms with Gasteiger partial charge in [0.15, 0.2) is 0 Å². The van der Waals surface area contributed by atoms with Crippen molar-refractivity contribution in [2.45, 2.75) is 37.8 Å². The van der Waals surface area contributed by atoms with Gasteiger partial charge in [0, 0.05) is 21.0 Å². The molecule has 2 heterocycles. The fourth-order valence-corrected chi connectivity index (χ4v) is 4.31. The SMILES string of the molecule is CN(C)[C@H]1CC[C@@H](n2cnc3cnc4ccc(I)cc4c32)CC1. The van der Waals surface area contributed by atoms with Crippen molar-refractivity contribution in [2.75, 3.05) is 14.1 Å². The summed E-state index contributed by atoms with van der Waals surface area (Å²) < 4.78 is 3.65. The average Bonchev–Trinajstić information content (AvgIpc) is 2.99. The number of rotatable bonds is 2. The largest absolute Gasteiger partial charge is 0.327 e. The molecule has 0 bridgehead atoms. The summed E-state index contributed by atoms with van der Waals surface area (Å²) in [5.74, 6) is 0. The zero-order valence-electron chi connectivity index (χ0n) is 13.5. The van der Waals surface area contributed by atoms with Crippen molar-refractivity contribution < 1.29 is 0 Å². The molecule has 0 unspecified atom stereocenters. The third-order valence-corrected chi connectivity index (χ3v) is 5.82. The molecular formula is C18H21IN4. The molecule has 4 rings (SSSR count). The first kappa shape index (κ1) is 15.3. The van der Waals surface area contributed by atoms with E-state index < -0.39 is 0 Å². The van der Waals surface area contributed by atoms with Crippen molar-refractivity contribution in [3.63, 3.8) is 0 Å². The van der Waals surface area contributed by atoms with Gasteiger partial charge in [-0.3, -0.25) is 4.98 Å². The van der Waals surface area contributed by atoms with Gasteiger partial charge in [-0.25, -0.2) is 4.98 Å². The molecule has 5 heteroatoms. The minimum Gasteiger partial charge on any atom is -0.327 e. The molecule has 1 aliphatic rings. The van der Waals surface area contributed by atoms with Crippen molar-refractivity contribution in [1.82, 2.24) is 19.4 Å². The highest BCUT2D eigenvalue weighted by Gasteiger charge is 2.25. The average molecular weight is 420 g/mol. The summed E-state index contributed by atoms with van der Waals surface area (Å²) in [7, 11) is 4.39. The maximum absolute atomic E-state index is 4.62. The van der Waals surface area contributed by atoms with Crippen molar-refractivity contribution in [3.8, 4) is 0 Å². The van der Waals surface area contributed by atoms with E-state index >= 15 is 0 Å². The number of hydrogen-bond acceptors (Lipinski definition) is 3. The molecule has 1 saturated carbocycles. The Morgan fingerprint density at radius 1 is 1.09 bits per heavy atom. The molecule has 2 aromatic heterocycles. The molecule has 0 amide bonds. The van der Waals surface area contributed by atoms with Gasteiger partial charge >= 0.3 is 0 Å². The van der Waals surface area contributed by atoms with E-state index in [1.165, 1.54) is 40.2 Å². The van der Waals surface area contributed by atoms with Crippen molar-refractivity contribution in [3.05, 3.63) is 34.3 Å². The molecule has 23 heavy (non-hydrogen) atoms. The van der Waals surface area contributed by atoms with Crippen LogP contribution in [0.5, 0.6) is 0 Å². The minimum atomic E-state index is 0.555. The fraction of sp³-hybridized carbons (Fsp3) is 0.444. The summed E-state index contributed by atoms with van der Waals surface area (Å²) in [5.41, 5.74) is 3.32. The van der Waals surface area contributed by atoms with Crippen LogP contribution < -0.4 is 0 Å². The van der Waals surface area contributed by atoms with Crippen LogP contribution in [-0.2, 0) is 0 Å². The van der Waals surface area contributed by atoms with E-state index in [2.05, 4.69) is 74.3 Å². The van der Waals surface area contributed by atoms with Gasteiger partial charge in [-0.15, -0.1) is 0 Å². The van der Waals surface area contributed by atoms with Crippen molar-refractivity contribution >= 4 is 44.5 Å². The molecule has 1 aliphatic carbocycles. The predicted octanol–water partition coefficient (Wildman–Crippen LogP) is 4.23. The van der Waals surface area contributed by atoms with Gasteiger partial charge in [0.05, 0.1) is 23.6 Å². The van der Waals surface area contributed by atoms with Gasteiger partial charge in [-0.2, -0.15) is 0 Å². The van der Waals surface area contributed by atoms with Crippen LogP contribution in [0.15, 0.2) is 30.7 Å². The van der Waals surface area contributed by atoms with Crippen LogP contribution in [0.2, 0.25) is 0 Å². The highest BCUT2D eigenvalue weighted by molar-refractivity contribution is 14.1. The van der Waals surface area contributed by atoms with Crippen LogP contribution in [0.3, 0.4) is 0 Å². The predicted molar refractivity (Wildman–Crippen MR) is 103 cm³/mol. The maximum Gasteiger partial charge on any atom is 0.107 e. The summed E-state index contributed by atoms with van der Waals surface area (Å²) in [6.07, 6.45) is 8.90. The minimum absolute atomic E-state index is 0.555. The van der Waals surface area contributed by atoms with E-state index in [9.17, 15) is 0 Å². The molecule has 3 aromatic rings. The Morgan fingerprint density at radius 2 is 1.87 bits per heavy atom. The lowest BCUT2D eigenvalue weighted by molar-refractivity contribution is 0.197. The van der Waals surface area contributed by atoms with Gasteiger partial charge in [0.25, 0.3) is 0 Å². The number of halogens is 1. The summed E-state index contributed by atoms with van der Waals surface area (Å²) in [5, 5.41) is 1.22. The molecule has 0 N–H and O–H groups in total. The van der Waals surface area contributed by atoms with Gasteiger partial charge < -0.3 is 9.47 Å². The topological polar surface area (TPSA) is 34.0 Å².